The van der Waals surface area contributed by atoms with Gasteiger partial charge < -0.3 is 0 Å². The van der Waals surface area contributed by atoms with Crippen LogP contribution in [0.25, 0.3) is 0 Å². The van der Waals surface area contributed by atoms with Gasteiger partial charge in [-0.25, -0.2) is 4.98 Å². The van der Waals surface area contributed by atoms with Crippen molar-refractivity contribution in [2.24, 2.45) is 0 Å². The number of rotatable bonds is 3. The Bertz CT molecular complexity index is 590. The molecule has 2 nitrogen and oxygen atoms in total. The van der Waals surface area contributed by atoms with Crippen LogP contribution in [-0.4, -0.2) is 10.8 Å². The van der Waals surface area contributed by atoms with E-state index in [0.29, 0.717) is 17.0 Å². The average molecular weight is 345 g/mol. The number of aryl methyl sites for hydroxylation is 2. The van der Waals surface area contributed by atoms with Gasteiger partial charge in [-0.3, -0.25) is 4.79 Å². The van der Waals surface area contributed by atoms with Crippen LogP contribution in [0.15, 0.2) is 22.7 Å². The number of carbonyl (C=O) groups excluding carboxylic acids is 1. The molecule has 0 spiro atoms. The molecule has 1 aromatic heterocycles. The lowest BCUT2D eigenvalue weighted by Gasteiger charge is -2.01. The van der Waals surface area contributed by atoms with E-state index in [1.54, 1.807) is 29.5 Å². The Morgan fingerprint density at radius 1 is 1.44 bits per heavy atom. The highest BCUT2D eigenvalue weighted by Crippen LogP contribution is 2.24. The Labute approximate surface area is 123 Å². The Balaban J connectivity index is 2.19. The lowest BCUT2D eigenvalue weighted by Crippen LogP contribution is -2.03. The van der Waals surface area contributed by atoms with Crippen molar-refractivity contribution in [3.8, 4) is 0 Å². The lowest BCUT2D eigenvalue weighted by molar-refractivity contribution is 0.0993. The summed E-state index contributed by atoms with van der Waals surface area (Å²) in [7, 11) is 0. The molecule has 0 atom stereocenters. The molecule has 0 bridgehead atoms. The van der Waals surface area contributed by atoms with Crippen LogP contribution in [-0.2, 0) is 6.42 Å². The van der Waals surface area contributed by atoms with E-state index in [2.05, 4.69) is 20.9 Å². The van der Waals surface area contributed by atoms with E-state index in [-0.39, 0.29) is 5.78 Å². The standard InChI is InChI=1S/C13H11BrClNOS/c1-7-8(2)18-13(16-7)6-12(17)9-3-4-10(14)11(15)5-9/h3-5H,6H2,1-2H3. The minimum absolute atomic E-state index is 0.0400. The Morgan fingerprint density at radius 2 is 2.17 bits per heavy atom. The topological polar surface area (TPSA) is 30.0 Å². The summed E-state index contributed by atoms with van der Waals surface area (Å²) in [5, 5.41) is 1.40. The molecule has 94 valence electrons. The summed E-state index contributed by atoms with van der Waals surface area (Å²) in [6, 6.07) is 5.24. The molecule has 0 aliphatic carbocycles. The molecule has 0 unspecified atom stereocenters. The molecule has 18 heavy (non-hydrogen) atoms. The van der Waals surface area contributed by atoms with E-state index >= 15 is 0 Å². The maximum Gasteiger partial charge on any atom is 0.169 e. The Kier molecular flexibility index (Phi) is 4.20. The predicted octanol–water partition coefficient (Wildman–Crippen LogP) is 4.60. The highest BCUT2D eigenvalue weighted by atomic mass is 79.9. The molecule has 2 rings (SSSR count). The molecule has 0 aliphatic heterocycles. The third kappa shape index (κ3) is 2.99. The van der Waals surface area contributed by atoms with Crippen molar-refractivity contribution in [2.45, 2.75) is 20.3 Å². The zero-order chi connectivity index (χ0) is 13.3. The maximum absolute atomic E-state index is 12.1. The maximum atomic E-state index is 12.1. The molecule has 1 heterocycles. The quantitative estimate of drug-likeness (QED) is 0.762. The predicted molar refractivity (Wildman–Crippen MR) is 78.8 cm³/mol. The van der Waals surface area contributed by atoms with E-state index in [1.165, 1.54) is 0 Å². The van der Waals surface area contributed by atoms with Crippen molar-refractivity contribution in [2.75, 3.05) is 0 Å². The van der Waals surface area contributed by atoms with Gasteiger partial charge in [-0.1, -0.05) is 17.7 Å². The number of thiazole rings is 1. The van der Waals surface area contributed by atoms with Crippen LogP contribution in [0.3, 0.4) is 0 Å². The van der Waals surface area contributed by atoms with Crippen molar-refractivity contribution in [3.63, 3.8) is 0 Å². The molecular formula is C13H11BrClNOS. The minimum Gasteiger partial charge on any atom is -0.294 e. The summed E-state index contributed by atoms with van der Waals surface area (Å²) >= 11 is 10.9. The fraction of sp³-hybridized carbons (Fsp3) is 0.231. The summed E-state index contributed by atoms with van der Waals surface area (Å²) < 4.78 is 0.793. The number of hydrogen-bond donors (Lipinski definition) is 0. The minimum atomic E-state index is 0.0400. The Hall–Kier alpha value is -0.710. The highest BCUT2D eigenvalue weighted by molar-refractivity contribution is 9.10. The van der Waals surface area contributed by atoms with Gasteiger partial charge in [-0.05, 0) is 41.9 Å². The first-order valence-electron chi connectivity index (χ1n) is 5.38. The number of Topliss-reactive ketones (excluding diaryl/α,β-unsaturated/α-hetero) is 1. The number of halogens is 2. The fourth-order valence-electron chi connectivity index (χ4n) is 1.52. The zero-order valence-electron chi connectivity index (χ0n) is 9.96. The second kappa shape index (κ2) is 5.51. The number of aromatic nitrogens is 1. The zero-order valence-corrected chi connectivity index (χ0v) is 13.1. The summed E-state index contributed by atoms with van der Waals surface area (Å²) in [6.45, 7) is 3.97. The van der Waals surface area contributed by atoms with Gasteiger partial charge in [-0.15, -0.1) is 11.3 Å². The molecule has 2 aromatic rings. The monoisotopic (exact) mass is 343 g/mol. The molecule has 0 radical (unpaired) electrons. The lowest BCUT2D eigenvalue weighted by atomic mass is 10.1. The number of carbonyl (C=O) groups is 1. The largest absolute Gasteiger partial charge is 0.294 e. The number of benzene rings is 1. The van der Waals surface area contributed by atoms with Crippen LogP contribution >= 0.6 is 38.9 Å². The van der Waals surface area contributed by atoms with Gasteiger partial charge in [0.25, 0.3) is 0 Å². The number of ketones is 1. The molecule has 0 N–H and O–H groups in total. The molecule has 1 aromatic carbocycles. The van der Waals surface area contributed by atoms with Gasteiger partial charge >= 0.3 is 0 Å². The van der Waals surface area contributed by atoms with Gasteiger partial charge in [-0.2, -0.15) is 0 Å². The third-order valence-electron chi connectivity index (χ3n) is 2.63. The SMILES string of the molecule is Cc1nc(CC(=O)c2ccc(Br)c(Cl)c2)sc1C. The molecule has 0 amide bonds. The summed E-state index contributed by atoms with van der Waals surface area (Å²) in [5.41, 5.74) is 1.62. The average Bonchev–Trinajstić information content (AvgIpc) is 2.61. The molecule has 5 heteroatoms. The summed E-state index contributed by atoms with van der Waals surface area (Å²) in [4.78, 5) is 17.6. The summed E-state index contributed by atoms with van der Waals surface area (Å²) in [5.74, 6) is 0.0400. The second-order valence-electron chi connectivity index (χ2n) is 3.98. The van der Waals surface area contributed by atoms with Gasteiger partial charge in [0.2, 0.25) is 0 Å². The fourth-order valence-corrected chi connectivity index (χ4v) is 2.88. The van der Waals surface area contributed by atoms with Gasteiger partial charge in [0.15, 0.2) is 5.78 Å². The van der Waals surface area contributed by atoms with Crippen LogP contribution in [0.1, 0.15) is 25.9 Å². The molecule has 0 aliphatic rings. The van der Waals surface area contributed by atoms with Gasteiger partial charge in [0.05, 0.1) is 17.1 Å². The molecular weight excluding hydrogens is 334 g/mol. The van der Waals surface area contributed by atoms with E-state index in [0.717, 1.165) is 20.1 Å². The van der Waals surface area contributed by atoms with Crippen LogP contribution < -0.4 is 0 Å². The first kappa shape index (κ1) is 13.7. The van der Waals surface area contributed by atoms with Crippen LogP contribution in [0.4, 0.5) is 0 Å². The smallest absolute Gasteiger partial charge is 0.169 e. The van der Waals surface area contributed by atoms with Gasteiger partial charge in [0.1, 0.15) is 5.01 Å². The van der Waals surface area contributed by atoms with E-state index in [1.807, 2.05) is 13.8 Å². The Morgan fingerprint density at radius 3 is 2.72 bits per heavy atom. The van der Waals surface area contributed by atoms with Crippen LogP contribution in [0, 0.1) is 13.8 Å². The number of nitrogens with zero attached hydrogens (tertiary/aromatic N) is 1. The highest BCUT2D eigenvalue weighted by Gasteiger charge is 2.12. The molecule has 0 fully saturated rings. The first-order valence-corrected chi connectivity index (χ1v) is 7.37. The van der Waals surface area contributed by atoms with E-state index in [9.17, 15) is 4.79 Å². The van der Waals surface area contributed by atoms with E-state index in [4.69, 9.17) is 11.6 Å². The second-order valence-corrected chi connectivity index (χ2v) is 6.53. The van der Waals surface area contributed by atoms with Crippen LogP contribution in [0.5, 0.6) is 0 Å². The van der Waals surface area contributed by atoms with E-state index < -0.39 is 0 Å². The number of hydrogen-bond acceptors (Lipinski definition) is 3. The van der Waals surface area contributed by atoms with Crippen molar-refractivity contribution in [3.05, 3.63) is 48.8 Å². The molecule has 0 saturated carbocycles. The van der Waals surface area contributed by atoms with Gasteiger partial charge in [0, 0.05) is 14.9 Å². The molecule has 0 saturated heterocycles. The summed E-state index contributed by atoms with van der Waals surface area (Å²) in [6.07, 6.45) is 0.331. The van der Waals surface area contributed by atoms with Crippen molar-refractivity contribution in [1.29, 1.82) is 0 Å². The van der Waals surface area contributed by atoms with Crippen molar-refractivity contribution >= 4 is 44.7 Å². The van der Waals surface area contributed by atoms with Crippen molar-refractivity contribution < 1.29 is 4.79 Å². The normalized spacial score (nSPS) is 10.7. The van der Waals surface area contributed by atoms with Crippen LogP contribution in [0.2, 0.25) is 5.02 Å². The third-order valence-corrected chi connectivity index (χ3v) is 4.93. The van der Waals surface area contributed by atoms with Crippen molar-refractivity contribution in [1.82, 2.24) is 4.98 Å². The first-order chi connectivity index (χ1) is 8.47.